The standard InChI is InChI=1S/C13H17N3O2S2/c1-10-4-3-5-15-13(10)8-16-20(17,18)12-6-11(7-14-2)19-9-12/h3-6,9,14,16H,7-8H2,1-2H3. The third-order valence-corrected chi connectivity index (χ3v) is 5.31. The van der Waals surface area contributed by atoms with Crippen molar-refractivity contribution in [2.75, 3.05) is 7.05 Å². The van der Waals surface area contributed by atoms with Crippen LogP contribution in [-0.2, 0) is 23.1 Å². The third-order valence-electron chi connectivity index (χ3n) is 2.84. The van der Waals surface area contributed by atoms with Gasteiger partial charge in [0.2, 0.25) is 10.0 Å². The number of thiophene rings is 1. The Hall–Kier alpha value is -1.28. The van der Waals surface area contributed by atoms with Gasteiger partial charge in [-0.2, -0.15) is 0 Å². The lowest BCUT2D eigenvalue weighted by molar-refractivity contribution is 0.580. The van der Waals surface area contributed by atoms with Crippen molar-refractivity contribution in [1.29, 1.82) is 0 Å². The molecule has 0 aliphatic heterocycles. The summed E-state index contributed by atoms with van der Waals surface area (Å²) in [5.41, 5.74) is 1.71. The van der Waals surface area contributed by atoms with Crippen molar-refractivity contribution < 1.29 is 8.42 Å². The van der Waals surface area contributed by atoms with E-state index in [0.29, 0.717) is 11.4 Å². The molecule has 108 valence electrons. The molecule has 0 amide bonds. The van der Waals surface area contributed by atoms with Crippen LogP contribution in [0.15, 0.2) is 34.7 Å². The van der Waals surface area contributed by atoms with Crippen LogP contribution in [0.25, 0.3) is 0 Å². The Bertz CT molecular complexity index is 680. The first-order chi connectivity index (χ1) is 9.53. The highest BCUT2D eigenvalue weighted by Gasteiger charge is 2.16. The lowest BCUT2D eigenvalue weighted by atomic mass is 10.2. The zero-order valence-electron chi connectivity index (χ0n) is 11.4. The summed E-state index contributed by atoms with van der Waals surface area (Å²) >= 11 is 1.43. The second-order valence-corrected chi connectivity index (χ2v) is 7.13. The molecule has 0 atom stereocenters. The van der Waals surface area contributed by atoms with E-state index in [1.807, 2.05) is 26.1 Å². The number of nitrogens with one attached hydrogen (secondary N) is 2. The molecule has 0 saturated heterocycles. The van der Waals surface area contributed by atoms with Gasteiger partial charge in [-0.15, -0.1) is 11.3 Å². The molecule has 5 nitrogen and oxygen atoms in total. The number of rotatable bonds is 6. The van der Waals surface area contributed by atoms with E-state index in [0.717, 1.165) is 16.1 Å². The Kier molecular flexibility index (Phi) is 4.87. The van der Waals surface area contributed by atoms with Gasteiger partial charge >= 0.3 is 0 Å². The molecule has 0 radical (unpaired) electrons. The number of hydrogen-bond donors (Lipinski definition) is 2. The quantitative estimate of drug-likeness (QED) is 0.851. The van der Waals surface area contributed by atoms with Crippen LogP contribution in [0.1, 0.15) is 16.1 Å². The topological polar surface area (TPSA) is 71.1 Å². The lowest BCUT2D eigenvalue weighted by Crippen LogP contribution is -2.23. The summed E-state index contributed by atoms with van der Waals surface area (Å²) in [5, 5.41) is 4.65. The zero-order chi connectivity index (χ0) is 14.6. The Morgan fingerprint density at radius 2 is 2.15 bits per heavy atom. The van der Waals surface area contributed by atoms with Crippen molar-refractivity contribution in [3.63, 3.8) is 0 Å². The van der Waals surface area contributed by atoms with Gasteiger partial charge in [0.25, 0.3) is 0 Å². The first kappa shape index (κ1) is 15.1. The van der Waals surface area contributed by atoms with Gasteiger partial charge in [0.05, 0.1) is 17.1 Å². The molecule has 0 saturated carbocycles. The van der Waals surface area contributed by atoms with E-state index in [2.05, 4.69) is 15.0 Å². The number of pyridine rings is 1. The van der Waals surface area contributed by atoms with Crippen molar-refractivity contribution in [3.05, 3.63) is 45.9 Å². The second kappa shape index (κ2) is 6.45. The van der Waals surface area contributed by atoms with Gasteiger partial charge < -0.3 is 5.32 Å². The Labute approximate surface area is 123 Å². The fourth-order valence-electron chi connectivity index (χ4n) is 1.72. The minimum absolute atomic E-state index is 0.201. The van der Waals surface area contributed by atoms with E-state index in [-0.39, 0.29) is 6.54 Å². The number of nitrogens with zero attached hydrogens (tertiary/aromatic N) is 1. The summed E-state index contributed by atoms with van der Waals surface area (Å²) < 4.78 is 26.9. The number of sulfonamides is 1. The van der Waals surface area contributed by atoms with Crippen LogP contribution in [0.3, 0.4) is 0 Å². The summed E-state index contributed by atoms with van der Waals surface area (Å²) in [5.74, 6) is 0. The molecule has 0 unspecified atom stereocenters. The van der Waals surface area contributed by atoms with E-state index in [1.54, 1.807) is 17.6 Å². The summed E-state index contributed by atoms with van der Waals surface area (Å²) in [4.78, 5) is 5.47. The maximum atomic E-state index is 12.2. The molecule has 2 aromatic rings. The molecular weight excluding hydrogens is 294 g/mol. The van der Waals surface area contributed by atoms with Crippen LogP contribution >= 0.6 is 11.3 Å². The van der Waals surface area contributed by atoms with E-state index < -0.39 is 10.0 Å². The largest absolute Gasteiger partial charge is 0.315 e. The molecule has 2 heterocycles. The highest BCUT2D eigenvalue weighted by atomic mass is 32.2. The molecule has 0 fully saturated rings. The highest BCUT2D eigenvalue weighted by Crippen LogP contribution is 2.19. The van der Waals surface area contributed by atoms with Gasteiger partial charge in [0.1, 0.15) is 0 Å². The monoisotopic (exact) mass is 311 g/mol. The minimum atomic E-state index is -3.48. The molecule has 0 bridgehead atoms. The van der Waals surface area contributed by atoms with Crippen LogP contribution in [0.2, 0.25) is 0 Å². The Balaban J connectivity index is 2.09. The molecular formula is C13H17N3O2S2. The van der Waals surface area contributed by atoms with Gasteiger partial charge in [-0.1, -0.05) is 6.07 Å². The van der Waals surface area contributed by atoms with Crippen LogP contribution in [-0.4, -0.2) is 20.4 Å². The zero-order valence-corrected chi connectivity index (χ0v) is 13.0. The summed E-state index contributed by atoms with van der Waals surface area (Å²) in [7, 11) is -1.65. The second-order valence-electron chi connectivity index (χ2n) is 4.37. The number of aryl methyl sites for hydroxylation is 1. The highest BCUT2D eigenvalue weighted by molar-refractivity contribution is 7.89. The van der Waals surface area contributed by atoms with Crippen LogP contribution < -0.4 is 10.0 Å². The van der Waals surface area contributed by atoms with Crippen molar-refractivity contribution in [3.8, 4) is 0 Å². The molecule has 0 aliphatic carbocycles. The summed E-state index contributed by atoms with van der Waals surface area (Å²) in [6.45, 7) is 2.78. The fraction of sp³-hybridized carbons (Fsp3) is 0.308. The predicted molar refractivity (Wildman–Crippen MR) is 80.1 cm³/mol. The molecule has 7 heteroatoms. The first-order valence-corrected chi connectivity index (χ1v) is 8.51. The lowest BCUT2D eigenvalue weighted by Gasteiger charge is -2.06. The summed E-state index contributed by atoms with van der Waals surface area (Å²) in [6.07, 6.45) is 1.66. The van der Waals surface area contributed by atoms with E-state index in [1.165, 1.54) is 11.3 Å². The fourth-order valence-corrected chi connectivity index (χ4v) is 3.99. The molecule has 20 heavy (non-hydrogen) atoms. The normalized spacial score (nSPS) is 11.7. The van der Waals surface area contributed by atoms with Gasteiger partial charge in [-0.3, -0.25) is 4.98 Å². The molecule has 0 aliphatic rings. The van der Waals surface area contributed by atoms with Crippen LogP contribution in [0.4, 0.5) is 0 Å². The van der Waals surface area contributed by atoms with Gasteiger partial charge in [0, 0.05) is 23.0 Å². The van der Waals surface area contributed by atoms with Gasteiger partial charge in [-0.05, 0) is 31.7 Å². The van der Waals surface area contributed by atoms with E-state index in [9.17, 15) is 8.42 Å². The maximum absolute atomic E-state index is 12.2. The van der Waals surface area contributed by atoms with Crippen molar-refractivity contribution >= 4 is 21.4 Å². The SMILES string of the molecule is CNCc1cc(S(=O)(=O)NCc2ncccc2C)cs1. The average molecular weight is 311 g/mol. The molecule has 2 aromatic heterocycles. The predicted octanol–water partition coefficient (Wildman–Crippen LogP) is 1.65. The van der Waals surface area contributed by atoms with Crippen molar-refractivity contribution in [2.24, 2.45) is 0 Å². The molecule has 2 N–H and O–H groups in total. The number of hydrogen-bond acceptors (Lipinski definition) is 5. The smallest absolute Gasteiger partial charge is 0.241 e. The summed E-state index contributed by atoms with van der Waals surface area (Å²) in [6, 6.07) is 5.43. The Morgan fingerprint density at radius 3 is 2.85 bits per heavy atom. The maximum Gasteiger partial charge on any atom is 0.241 e. The van der Waals surface area contributed by atoms with Crippen LogP contribution in [0, 0.1) is 6.92 Å². The van der Waals surface area contributed by atoms with Gasteiger partial charge in [0.15, 0.2) is 0 Å². The first-order valence-electron chi connectivity index (χ1n) is 6.15. The van der Waals surface area contributed by atoms with Gasteiger partial charge in [-0.25, -0.2) is 13.1 Å². The Morgan fingerprint density at radius 1 is 1.35 bits per heavy atom. The third kappa shape index (κ3) is 3.63. The number of aromatic nitrogens is 1. The van der Waals surface area contributed by atoms with E-state index in [4.69, 9.17) is 0 Å². The minimum Gasteiger partial charge on any atom is -0.315 e. The van der Waals surface area contributed by atoms with E-state index >= 15 is 0 Å². The molecule has 0 aromatic carbocycles. The molecule has 2 rings (SSSR count). The molecule has 0 spiro atoms. The van der Waals surface area contributed by atoms with Crippen molar-refractivity contribution in [2.45, 2.75) is 24.9 Å². The van der Waals surface area contributed by atoms with Crippen molar-refractivity contribution in [1.82, 2.24) is 15.0 Å². The average Bonchev–Trinajstić information content (AvgIpc) is 2.88. The van der Waals surface area contributed by atoms with Crippen LogP contribution in [0.5, 0.6) is 0 Å².